The first kappa shape index (κ1) is 25.7. The van der Waals surface area contributed by atoms with Gasteiger partial charge in [0.25, 0.3) is 0 Å². The number of amides is 1. The van der Waals surface area contributed by atoms with Gasteiger partial charge in [0, 0.05) is 55.4 Å². The van der Waals surface area contributed by atoms with Gasteiger partial charge in [-0.25, -0.2) is 9.97 Å². The largest absolute Gasteiger partial charge is 0.478 e. The van der Waals surface area contributed by atoms with Gasteiger partial charge in [-0.2, -0.15) is 0 Å². The lowest BCUT2D eigenvalue weighted by Gasteiger charge is -2.13. The monoisotopic (exact) mass is 537 g/mol. The van der Waals surface area contributed by atoms with Crippen LogP contribution in [0.3, 0.4) is 0 Å². The number of carbonyl (C=O) groups excluding carboxylic acids is 1. The molecular formula is C27H31N5O3S2. The molecule has 1 amide bonds. The third kappa shape index (κ3) is 5.83. The fourth-order valence-corrected chi connectivity index (χ4v) is 6.73. The van der Waals surface area contributed by atoms with Crippen molar-refractivity contribution >= 4 is 43.8 Å². The van der Waals surface area contributed by atoms with Crippen LogP contribution < -0.4 is 20.7 Å². The molecule has 3 N–H and O–H groups in total. The standard InChI is InChI=1S/C27H31N5O3S2/c1-3-35-25-18(5-4-10-30-25)17-6-7-21-20(15-17)31-26(36-21)24-19-8-11-29-16-22(19)37-27(24)32-23(33)9-12-28-13-14-34-2/h4-7,10,15,28-29H,3,8-9,11-14,16H2,1-2H3,(H,32,33). The summed E-state index contributed by atoms with van der Waals surface area (Å²) in [6.45, 7) is 6.22. The van der Waals surface area contributed by atoms with Crippen molar-refractivity contribution in [3.63, 3.8) is 0 Å². The van der Waals surface area contributed by atoms with Crippen molar-refractivity contribution in [2.45, 2.75) is 26.3 Å². The van der Waals surface area contributed by atoms with Gasteiger partial charge in [0.05, 0.1) is 23.4 Å². The van der Waals surface area contributed by atoms with Gasteiger partial charge >= 0.3 is 0 Å². The van der Waals surface area contributed by atoms with E-state index in [0.29, 0.717) is 32.1 Å². The molecule has 10 heteroatoms. The van der Waals surface area contributed by atoms with Crippen LogP contribution in [0.4, 0.5) is 5.00 Å². The maximum atomic E-state index is 12.8. The summed E-state index contributed by atoms with van der Waals surface area (Å²) in [5, 5.41) is 11.7. The molecule has 0 bridgehead atoms. The predicted molar refractivity (Wildman–Crippen MR) is 151 cm³/mol. The number of hydrogen-bond acceptors (Lipinski definition) is 9. The van der Waals surface area contributed by atoms with Crippen LogP contribution in [-0.4, -0.2) is 55.8 Å². The molecule has 0 radical (unpaired) electrons. The van der Waals surface area contributed by atoms with Crippen LogP contribution in [0.15, 0.2) is 36.5 Å². The highest BCUT2D eigenvalue weighted by Crippen LogP contribution is 2.45. The van der Waals surface area contributed by atoms with E-state index in [1.54, 1.807) is 36.0 Å². The quantitative estimate of drug-likeness (QED) is 0.239. The predicted octanol–water partition coefficient (Wildman–Crippen LogP) is 4.70. The first-order valence-corrected chi connectivity index (χ1v) is 14.1. The van der Waals surface area contributed by atoms with Crippen LogP contribution in [0.5, 0.6) is 5.88 Å². The normalized spacial score (nSPS) is 13.0. The smallest absolute Gasteiger partial charge is 0.226 e. The Hall–Kier alpha value is -2.89. The Balaban J connectivity index is 1.44. The number of thiazole rings is 1. The molecule has 0 saturated heterocycles. The first-order valence-electron chi connectivity index (χ1n) is 12.5. The number of benzene rings is 1. The Bertz CT molecular complexity index is 1380. The van der Waals surface area contributed by atoms with Crippen molar-refractivity contribution in [2.75, 3.05) is 45.3 Å². The number of pyridine rings is 1. The average molecular weight is 538 g/mol. The second-order valence-electron chi connectivity index (χ2n) is 8.67. The molecule has 4 aromatic rings. The maximum absolute atomic E-state index is 12.8. The number of anilines is 1. The highest BCUT2D eigenvalue weighted by atomic mass is 32.1. The summed E-state index contributed by atoms with van der Waals surface area (Å²) in [5.74, 6) is 0.627. The number of nitrogens with one attached hydrogen (secondary N) is 3. The molecule has 0 spiro atoms. The molecule has 1 aliphatic heterocycles. The number of ether oxygens (including phenoxy) is 2. The molecule has 0 fully saturated rings. The molecule has 8 nitrogen and oxygen atoms in total. The fraction of sp³-hybridized carbons (Fsp3) is 0.370. The molecule has 37 heavy (non-hydrogen) atoms. The Labute approximate surface area is 224 Å². The summed E-state index contributed by atoms with van der Waals surface area (Å²) in [6, 6.07) is 10.2. The van der Waals surface area contributed by atoms with E-state index in [0.717, 1.165) is 63.0 Å². The van der Waals surface area contributed by atoms with Crippen molar-refractivity contribution < 1.29 is 14.3 Å². The molecular weight excluding hydrogens is 506 g/mol. The summed E-state index contributed by atoms with van der Waals surface area (Å²) in [6.07, 6.45) is 3.07. The van der Waals surface area contributed by atoms with Gasteiger partial charge in [-0.3, -0.25) is 4.79 Å². The Morgan fingerprint density at radius 1 is 1.22 bits per heavy atom. The van der Waals surface area contributed by atoms with Gasteiger partial charge < -0.3 is 25.4 Å². The highest BCUT2D eigenvalue weighted by Gasteiger charge is 2.25. The summed E-state index contributed by atoms with van der Waals surface area (Å²) >= 11 is 3.32. The number of rotatable bonds is 11. The second kappa shape index (κ2) is 12.1. The molecule has 194 valence electrons. The first-order chi connectivity index (χ1) is 18.2. The molecule has 0 atom stereocenters. The van der Waals surface area contributed by atoms with Crippen molar-refractivity contribution in [3.8, 4) is 27.6 Å². The molecule has 0 saturated carbocycles. The van der Waals surface area contributed by atoms with Crippen LogP contribution in [0.1, 0.15) is 23.8 Å². The zero-order chi connectivity index (χ0) is 25.6. The van der Waals surface area contributed by atoms with E-state index in [2.05, 4.69) is 39.1 Å². The Morgan fingerprint density at radius 3 is 3.00 bits per heavy atom. The van der Waals surface area contributed by atoms with Gasteiger partial charge in [0.1, 0.15) is 10.0 Å². The molecule has 1 aliphatic rings. The number of aromatic nitrogens is 2. The van der Waals surface area contributed by atoms with E-state index in [-0.39, 0.29) is 5.91 Å². The number of nitrogens with zero attached hydrogens (tertiary/aromatic N) is 2. The third-order valence-corrected chi connectivity index (χ3v) is 8.36. The highest BCUT2D eigenvalue weighted by molar-refractivity contribution is 7.23. The molecule has 0 unspecified atom stereocenters. The van der Waals surface area contributed by atoms with Crippen molar-refractivity contribution in [3.05, 3.63) is 47.0 Å². The zero-order valence-electron chi connectivity index (χ0n) is 21.1. The van der Waals surface area contributed by atoms with Gasteiger partial charge in [-0.05, 0) is 55.3 Å². The second-order valence-corrected chi connectivity index (χ2v) is 10.8. The molecule has 5 rings (SSSR count). The Morgan fingerprint density at radius 2 is 2.14 bits per heavy atom. The van der Waals surface area contributed by atoms with E-state index >= 15 is 0 Å². The van der Waals surface area contributed by atoms with Crippen molar-refractivity contribution in [1.82, 2.24) is 20.6 Å². The number of thiophene rings is 1. The van der Waals surface area contributed by atoms with Crippen LogP contribution in [-0.2, 0) is 22.5 Å². The topological polar surface area (TPSA) is 97.4 Å². The van der Waals surface area contributed by atoms with Crippen molar-refractivity contribution in [2.24, 2.45) is 0 Å². The van der Waals surface area contributed by atoms with Gasteiger partial charge in [0.2, 0.25) is 11.8 Å². The summed E-state index contributed by atoms with van der Waals surface area (Å²) < 4.78 is 11.9. The minimum absolute atomic E-state index is 0.00107. The van der Waals surface area contributed by atoms with Crippen molar-refractivity contribution in [1.29, 1.82) is 0 Å². The number of methoxy groups -OCH3 is 1. The zero-order valence-corrected chi connectivity index (χ0v) is 22.7. The van der Waals surface area contributed by atoms with E-state index in [1.807, 2.05) is 19.1 Å². The average Bonchev–Trinajstić information content (AvgIpc) is 3.49. The van der Waals surface area contributed by atoms with Crippen LogP contribution in [0.25, 0.3) is 31.9 Å². The van der Waals surface area contributed by atoms with E-state index in [9.17, 15) is 4.79 Å². The lowest BCUT2D eigenvalue weighted by molar-refractivity contribution is -0.116. The van der Waals surface area contributed by atoms with Gasteiger partial charge in [-0.1, -0.05) is 6.07 Å². The molecule has 3 aromatic heterocycles. The summed E-state index contributed by atoms with van der Waals surface area (Å²) in [5.41, 5.74) is 5.26. The lowest BCUT2D eigenvalue weighted by atomic mass is 10.0. The number of fused-ring (bicyclic) bond motifs is 2. The lowest BCUT2D eigenvalue weighted by Crippen LogP contribution is -2.24. The van der Waals surface area contributed by atoms with E-state index in [1.165, 1.54) is 10.4 Å². The minimum atomic E-state index is 0.00107. The fourth-order valence-electron chi connectivity index (χ4n) is 4.40. The van der Waals surface area contributed by atoms with E-state index < -0.39 is 0 Å². The minimum Gasteiger partial charge on any atom is -0.478 e. The summed E-state index contributed by atoms with van der Waals surface area (Å²) in [7, 11) is 1.67. The maximum Gasteiger partial charge on any atom is 0.226 e. The number of carbonyl (C=O) groups is 1. The third-order valence-electron chi connectivity index (χ3n) is 6.16. The van der Waals surface area contributed by atoms with E-state index in [4.69, 9.17) is 14.5 Å². The molecule has 4 heterocycles. The SMILES string of the molecule is CCOc1ncccc1-c1ccc2sc(-c3c(NC(=O)CCNCCOC)sc4c3CCNC4)nc2c1. The molecule has 0 aliphatic carbocycles. The van der Waals surface area contributed by atoms with Crippen LogP contribution in [0, 0.1) is 0 Å². The molecule has 1 aromatic carbocycles. The van der Waals surface area contributed by atoms with Crippen LogP contribution >= 0.6 is 22.7 Å². The number of hydrogen-bond donors (Lipinski definition) is 3. The Kier molecular flexibility index (Phi) is 8.42. The summed E-state index contributed by atoms with van der Waals surface area (Å²) in [4.78, 5) is 23.5. The van der Waals surface area contributed by atoms with Gasteiger partial charge in [0.15, 0.2) is 0 Å². The van der Waals surface area contributed by atoms with Gasteiger partial charge in [-0.15, -0.1) is 22.7 Å². The van der Waals surface area contributed by atoms with Crippen LogP contribution in [0.2, 0.25) is 0 Å².